The molecule has 22 heavy (non-hydrogen) atoms. The number of H-pyrrole nitrogens is 1. The van der Waals surface area contributed by atoms with Gasteiger partial charge in [-0.1, -0.05) is 31.5 Å². The normalized spacial score (nSPS) is 11.8. The second kappa shape index (κ2) is 5.15. The highest BCUT2D eigenvalue weighted by Crippen LogP contribution is 2.35. The van der Waals surface area contributed by atoms with Gasteiger partial charge in [-0.2, -0.15) is 0 Å². The topological polar surface area (TPSA) is 15.8 Å². The Hall–Kier alpha value is -1.77. The fraction of sp³-hybridized carbons (Fsp3) is 0.158. The van der Waals surface area contributed by atoms with Crippen molar-refractivity contribution in [2.45, 2.75) is 19.8 Å². The Labute approximate surface area is 138 Å². The number of benzene rings is 2. The van der Waals surface area contributed by atoms with E-state index >= 15 is 0 Å². The van der Waals surface area contributed by atoms with Crippen molar-refractivity contribution in [3.05, 3.63) is 58.6 Å². The standard InChI is InChI=1S/C19H16ClNS/c1-11(2)17-9-14-8-16(20)15(10-18(14)21-17)12-3-4-19-13(7-12)5-6-22-19/h3-11,21H,1-2H3. The van der Waals surface area contributed by atoms with Crippen LogP contribution in [0, 0.1) is 0 Å². The van der Waals surface area contributed by atoms with Crippen molar-refractivity contribution in [3.8, 4) is 11.1 Å². The van der Waals surface area contributed by atoms with Gasteiger partial charge in [0, 0.05) is 31.9 Å². The number of halogens is 1. The zero-order chi connectivity index (χ0) is 15.3. The number of nitrogens with one attached hydrogen (secondary N) is 1. The molecule has 0 amide bonds. The molecule has 4 rings (SSSR count). The maximum Gasteiger partial charge on any atom is 0.0491 e. The average Bonchev–Trinajstić information content (AvgIpc) is 3.11. The lowest BCUT2D eigenvalue weighted by Crippen LogP contribution is -1.85. The van der Waals surface area contributed by atoms with E-state index in [-0.39, 0.29) is 0 Å². The van der Waals surface area contributed by atoms with Crippen LogP contribution in [0.4, 0.5) is 0 Å². The van der Waals surface area contributed by atoms with Gasteiger partial charge in [0.05, 0.1) is 0 Å². The van der Waals surface area contributed by atoms with Crippen LogP contribution in [0.2, 0.25) is 5.02 Å². The molecule has 0 saturated carbocycles. The number of hydrogen-bond acceptors (Lipinski definition) is 1. The van der Waals surface area contributed by atoms with Crippen LogP contribution in [0.15, 0.2) is 47.8 Å². The maximum atomic E-state index is 6.54. The Balaban J connectivity index is 1.91. The van der Waals surface area contributed by atoms with E-state index in [2.05, 4.69) is 66.7 Å². The van der Waals surface area contributed by atoms with Gasteiger partial charge in [0.25, 0.3) is 0 Å². The highest BCUT2D eigenvalue weighted by Gasteiger charge is 2.10. The van der Waals surface area contributed by atoms with Gasteiger partial charge < -0.3 is 4.98 Å². The van der Waals surface area contributed by atoms with E-state index in [0.717, 1.165) is 16.1 Å². The molecular formula is C19H16ClNS. The average molecular weight is 326 g/mol. The van der Waals surface area contributed by atoms with E-state index in [1.165, 1.54) is 26.7 Å². The minimum atomic E-state index is 0.483. The fourth-order valence-corrected chi connectivity index (χ4v) is 3.89. The van der Waals surface area contributed by atoms with Gasteiger partial charge >= 0.3 is 0 Å². The molecule has 0 aliphatic rings. The first-order valence-corrected chi connectivity index (χ1v) is 8.67. The lowest BCUT2D eigenvalue weighted by molar-refractivity contribution is 0.836. The zero-order valence-electron chi connectivity index (χ0n) is 12.5. The van der Waals surface area contributed by atoms with E-state index in [4.69, 9.17) is 11.6 Å². The molecule has 2 aromatic carbocycles. The summed E-state index contributed by atoms with van der Waals surface area (Å²) in [5.41, 5.74) is 4.64. The lowest BCUT2D eigenvalue weighted by atomic mass is 10.0. The molecule has 3 heteroatoms. The van der Waals surface area contributed by atoms with Gasteiger partial charge in [0.2, 0.25) is 0 Å². The van der Waals surface area contributed by atoms with Crippen LogP contribution in [0.1, 0.15) is 25.5 Å². The van der Waals surface area contributed by atoms with Crippen molar-refractivity contribution >= 4 is 43.9 Å². The molecule has 110 valence electrons. The summed E-state index contributed by atoms with van der Waals surface area (Å²) in [6, 6.07) is 15.1. The van der Waals surface area contributed by atoms with E-state index in [1.807, 2.05) is 0 Å². The maximum absolute atomic E-state index is 6.54. The van der Waals surface area contributed by atoms with Gasteiger partial charge in [0.1, 0.15) is 0 Å². The smallest absolute Gasteiger partial charge is 0.0491 e. The minimum Gasteiger partial charge on any atom is -0.358 e. The summed E-state index contributed by atoms with van der Waals surface area (Å²) in [5, 5.41) is 5.37. The van der Waals surface area contributed by atoms with Crippen molar-refractivity contribution in [1.29, 1.82) is 0 Å². The largest absolute Gasteiger partial charge is 0.358 e. The molecule has 0 bridgehead atoms. The Kier molecular flexibility index (Phi) is 3.24. The Morgan fingerprint density at radius 2 is 1.86 bits per heavy atom. The van der Waals surface area contributed by atoms with Crippen LogP contribution in [0.3, 0.4) is 0 Å². The molecule has 0 radical (unpaired) electrons. The SMILES string of the molecule is CC(C)c1cc2cc(Cl)c(-c3ccc4sccc4c3)cc2[nH]1. The molecule has 0 atom stereocenters. The summed E-state index contributed by atoms with van der Waals surface area (Å²) < 4.78 is 1.31. The Morgan fingerprint density at radius 3 is 2.68 bits per heavy atom. The molecule has 0 spiro atoms. The van der Waals surface area contributed by atoms with Crippen LogP contribution < -0.4 is 0 Å². The first-order chi connectivity index (χ1) is 10.6. The molecule has 1 nitrogen and oxygen atoms in total. The van der Waals surface area contributed by atoms with Gasteiger partial charge in [-0.3, -0.25) is 0 Å². The molecule has 2 heterocycles. The summed E-state index contributed by atoms with van der Waals surface area (Å²) in [5.74, 6) is 0.483. The van der Waals surface area contributed by atoms with Crippen molar-refractivity contribution in [2.24, 2.45) is 0 Å². The third-order valence-electron chi connectivity index (χ3n) is 4.11. The third-order valence-corrected chi connectivity index (χ3v) is 5.33. The van der Waals surface area contributed by atoms with E-state index in [0.29, 0.717) is 5.92 Å². The molecule has 0 fully saturated rings. The van der Waals surface area contributed by atoms with Crippen molar-refractivity contribution < 1.29 is 0 Å². The zero-order valence-corrected chi connectivity index (χ0v) is 14.1. The second-order valence-electron chi connectivity index (χ2n) is 5.97. The summed E-state index contributed by atoms with van der Waals surface area (Å²) in [6.07, 6.45) is 0. The Morgan fingerprint density at radius 1 is 1.00 bits per heavy atom. The summed E-state index contributed by atoms with van der Waals surface area (Å²) in [7, 11) is 0. The molecule has 0 saturated heterocycles. The molecular weight excluding hydrogens is 310 g/mol. The first-order valence-electron chi connectivity index (χ1n) is 7.41. The number of rotatable bonds is 2. The lowest BCUT2D eigenvalue weighted by Gasteiger charge is -2.06. The number of aromatic amines is 1. The first kappa shape index (κ1) is 13.9. The third kappa shape index (κ3) is 2.23. The molecule has 0 aliphatic carbocycles. The minimum absolute atomic E-state index is 0.483. The van der Waals surface area contributed by atoms with Gasteiger partial charge in [-0.05, 0) is 58.6 Å². The predicted molar refractivity (Wildman–Crippen MR) is 98.2 cm³/mol. The number of fused-ring (bicyclic) bond motifs is 2. The van der Waals surface area contributed by atoms with Crippen molar-refractivity contribution in [1.82, 2.24) is 4.98 Å². The van der Waals surface area contributed by atoms with Crippen LogP contribution in [0.25, 0.3) is 32.1 Å². The molecule has 1 N–H and O–H groups in total. The van der Waals surface area contributed by atoms with E-state index in [9.17, 15) is 0 Å². The van der Waals surface area contributed by atoms with Crippen LogP contribution in [0.5, 0.6) is 0 Å². The van der Waals surface area contributed by atoms with Crippen molar-refractivity contribution in [2.75, 3.05) is 0 Å². The predicted octanol–water partition coefficient (Wildman–Crippen LogP) is 6.83. The highest BCUT2D eigenvalue weighted by molar-refractivity contribution is 7.17. The molecule has 0 unspecified atom stereocenters. The number of hydrogen-bond donors (Lipinski definition) is 1. The molecule has 4 aromatic rings. The summed E-state index contributed by atoms with van der Waals surface area (Å²) in [6.45, 7) is 4.38. The number of thiophene rings is 1. The highest BCUT2D eigenvalue weighted by atomic mass is 35.5. The van der Waals surface area contributed by atoms with Gasteiger partial charge in [0.15, 0.2) is 0 Å². The second-order valence-corrected chi connectivity index (χ2v) is 7.33. The van der Waals surface area contributed by atoms with Gasteiger partial charge in [-0.25, -0.2) is 0 Å². The van der Waals surface area contributed by atoms with Crippen LogP contribution >= 0.6 is 22.9 Å². The monoisotopic (exact) mass is 325 g/mol. The van der Waals surface area contributed by atoms with Crippen LogP contribution in [-0.2, 0) is 0 Å². The number of aromatic nitrogens is 1. The Bertz CT molecular complexity index is 978. The van der Waals surface area contributed by atoms with E-state index in [1.54, 1.807) is 11.3 Å². The molecule has 0 aliphatic heterocycles. The quantitative estimate of drug-likeness (QED) is 0.416. The van der Waals surface area contributed by atoms with Gasteiger partial charge in [-0.15, -0.1) is 11.3 Å². The van der Waals surface area contributed by atoms with Crippen LogP contribution in [-0.4, -0.2) is 4.98 Å². The van der Waals surface area contributed by atoms with Crippen molar-refractivity contribution in [3.63, 3.8) is 0 Å². The summed E-state index contributed by atoms with van der Waals surface area (Å²) in [4.78, 5) is 3.51. The van der Waals surface area contributed by atoms with E-state index < -0.39 is 0 Å². The fourth-order valence-electron chi connectivity index (χ4n) is 2.84. The summed E-state index contributed by atoms with van der Waals surface area (Å²) >= 11 is 8.31. The molecule has 2 aromatic heterocycles.